The predicted molar refractivity (Wildman–Crippen MR) is 81.1 cm³/mol. The molecule has 0 aromatic heterocycles. The number of aliphatic carboxylic acids is 1. The van der Waals surface area contributed by atoms with Gasteiger partial charge in [-0.3, -0.25) is 4.79 Å². The fourth-order valence-electron chi connectivity index (χ4n) is 3.85. The lowest BCUT2D eigenvalue weighted by molar-refractivity contribution is -0.138. The lowest BCUT2D eigenvalue weighted by atomic mass is 9.80. The Morgan fingerprint density at radius 3 is 2.38 bits per heavy atom. The van der Waals surface area contributed by atoms with E-state index < -0.39 is 5.97 Å². The number of carboxylic acid groups (broad SMARTS) is 1. The summed E-state index contributed by atoms with van der Waals surface area (Å²) in [6.45, 7) is 4.25. The Morgan fingerprint density at radius 1 is 1.14 bits per heavy atom. The number of amides is 2. The number of rotatable bonds is 4. The van der Waals surface area contributed by atoms with Gasteiger partial charge in [0.15, 0.2) is 0 Å². The summed E-state index contributed by atoms with van der Waals surface area (Å²) >= 11 is 0. The number of hydrogen-bond acceptors (Lipinski definition) is 2. The van der Waals surface area contributed by atoms with Gasteiger partial charge in [0.1, 0.15) is 6.54 Å². The van der Waals surface area contributed by atoms with Gasteiger partial charge in [0.2, 0.25) is 0 Å². The monoisotopic (exact) mass is 296 g/mol. The molecular weight excluding hydrogens is 268 g/mol. The highest BCUT2D eigenvalue weighted by Crippen LogP contribution is 2.29. The molecule has 2 rings (SSSR count). The Kier molecular flexibility index (Phi) is 5.48. The van der Waals surface area contributed by atoms with Crippen LogP contribution >= 0.6 is 0 Å². The molecule has 2 aliphatic carbocycles. The third-order valence-electron chi connectivity index (χ3n) is 5.07. The van der Waals surface area contributed by atoms with Gasteiger partial charge in [0.05, 0.1) is 0 Å². The lowest BCUT2D eigenvalue weighted by Gasteiger charge is -2.36. The normalized spacial score (nSPS) is 30.1. The highest BCUT2D eigenvalue weighted by atomic mass is 16.4. The average Bonchev–Trinajstić information content (AvgIpc) is 2.92. The van der Waals surface area contributed by atoms with Crippen molar-refractivity contribution in [1.82, 2.24) is 10.2 Å². The molecule has 21 heavy (non-hydrogen) atoms. The van der Waals surface area contributed by atoms with Gasteiger partial charge >= 0.3 is 12.0 Å². The van der Waals surface area contributed by atoms with Crippen LogP contribution in [0.2, 0.25) is 0 Å². The molecule has 0 aromatic carbocycles. The van der Waals surface area contributed by atoms with Crippen molar-refractivity contribution < 1.29 is 14.7 Å². The second kappa shape index (κ2) is 7.14. The molecule has 2 fully saturated rings. The molecular formula is C16H28N2O3. The Balaban J connectivity index is 1.95. The van der Waals surface area contributed by atoms with Gasteiger partial charge in [-0.25, -0.2) is 4.79 Å². The smallest absolute Gasteiger partial charge is 0.323 e. The first-order valence-corrected chi connectivity index (χ1v) is 8.26. The summed E-state index contributed by atoms with van der Waals surface area (Å²) in [6.07, 6.45) is 7.30. The second-order valence-corrected chi connectivity index (χ2v) is 6.91. The minimum atomic E-state index is -0.928. The summed E-state index contributed by atoms with van der Waals surface area (Å²) in [5.41, 5.74) is 0. The van der Waals surface area contributed by atoms with Gasteiger partial charge in [-0.2, -0.15) is 0 Å². The summed E-state index contributed by atoms with van der Waals surface area (Å²) in [5.74, 6) is 0.258. The number of carboxylic acids is 1. The van der Waals surface area contributed by atoms with Gasteiger partial charge in [0, 0.05) is 12.1 Å². The first-order chi connectivity index (χ1) is 9.97. The van der Waals surface area contributed by atoms with E-state index in [2.05, 4.69) is 19.2 Å². The van der Waals surface area contributed by atoms with E-state index in [-0.39, 0.29) is 24.7 Å². The van der Waals surface area contributed by atoms with Crippen LogP contribution in [0.1, 0.15) is 58.8 Å². The molecule has 0 bridgehead atoms. The summed E-state index contributed by atoms with van der Waals surface area (Å²) in [7, 11) is 0. The molecule has 0 radical (unpaired) electrons. The van der Waals surface area contributed by atoms with Crippen molar-refractivity contribution in [2.24, 2.45) is 11.8 Å². The molecule has 120 valence electrons. The Hall–Kier alpha value is -1.26. The van der Waals surface area contributed by atoms with Crippen molar-refractivity contribution in [3.05, 3.63) is 0 Å². The summed E-state index contributed by atoms with van der Waals surface area (Å²) in [4.78, 5) is 25.1. The third-order valence-corrected chi connectivity index (χ3v) is 5.07. The number of nitrogens with zero attached hydrogens (tertiary/aromatic N) is 1. The minimum absolute atomic E-state index is 0.0962. The number of urea groups is 1. The molecule has 2 aliphatic rings. The zero-order valence-corrected chi connectivity index (χ0v) is 13.2. The highest BCUT2D eigenvalue weighted by molar-refractivity contribution is 5.80. The van der Waals surface area contributed by atoms with E-state index in [1.54, 1.807) is 4.90 Å². The summed E-state index contributed by atoms with van der Waals surface area (Å²) in [6, 6.07) is 0.0982. The predicted octanol–water partition coefficient (Wildman–Crippen LogP) is 2.85. The quantitative estimate of drug-likeness (QED) is 0.838. The maximum Gasteiger partial charge on any atom is 0.323 e. The van der Waals surface area contributed by atoms with Gasteiger partial charge in [-0.05, 0) is 43.9 Å². The highest BCUT2D eigenvalue weighted by Gasteiger charge is 2.32. The van der Waals surface area contributed by atoms with E-state index in [0.29, 0.717) is 5.92 Å². The first kappa shape index (κ1) is 16.1. The van der Waals surface area contributed by atoms with Crippen LogP contribution in [0.3, 0.4) is 0 Å². The van der Waals surface area contributed by atoms with E-state index in [9.17, 15) is 9.59 Å². The summed E-state index contributed by atoms with van der Waals surface area (Å²) < 4.78 is 0. The van der Waals surface area contributed by atoms with Crippen molar-refractivity contribution in [3.8, 4) is 0 Å². The molecule has 5 heteroatoms. The maximum absolute atomic E-state index is 12.5. The van der Waals surface area contributed by atoms with Crippen molar-refractivity contribution in [1.29, 1.82) is 0 Å². The number of carbonyl (C=O) groups is 2. The van der Waals surface area contributed by atoms with Crippen LogP contribution < -0.4 is 5.32 Å². The van der Waals surface area contributed by atoms with Crippen LogP contribution in [0, 0.1) is 11.8 Å². The van der Waals surface area contributed by atoms with Gasteiger partial charge in [-0.1, -0.05) is 26.7 Å². The Morgan fingerprint density at radius 2 is 1.81 bits per heavy atom. The van der Waals surface area contributed by atoms with Crippen LogP contribution in [-0.2, 0) is 4.79 Å². The standard InChI is InChI=1S/C16H28N2O3/c1-11-7-8-14(12(2)9-11)17-16(21)18(10-15(19)20)13-5-3-4-6-13/h11-14H,3-10H2,1-2H3,(H,17,21)(H,19,20). The number of nitrogens with one attached hydrogen (secondary N) is 1. The van der Waals surface area contributed by atoms with Crippen molar-refractivity contribution in [2.75, 3.05) is 6.54 Å². The SMILES string of the molecule is CC1CCC(NC(=O)N(CC(=O)O)C2CCCC2)C(C)C1. The maximum atomic E-state index is 12.5. The molecule has 2 N–H and O–H groups in total. The lowest BCUT2D eigenvalue weighted by Crippen LogP contribution is -2.52. The van der Waals surface area contributed by atoms with Crippen molar-refractivity contribution in [3.63, 3.8) is 0 Å². The van der Waals surface area contributed by atoms with Crippen molar-refractivity contribution >= 4 is 12.0 Å². The van der Waals surface area contributed by atoms with Crippen LogP contribution in [0.4, 0.5) is 4.79 Å². The van der Waals surface area contributed by atoms with Gasteiger partial charge in [-0.15, -0.1) is 0 Å². The van der Waals surface area contributed by atoms with Crippen LogP contribution in [0.25, 0.3) is 0 Å². The van der Waals surface area contributed by atoms with Crippen LogP contribution in [0.15, 0.2) is 0 Å². The van der Waals surface area contributed by atoms with E-state index >= 15 is 0 Å². The largest absolute Gasteiger partial charge is 0.480 e. The zero-order valence-electron chi connectivity index (χ0n) is 13.2. The minimum Gasteiger partial charge on any atom is -0.480 e. The van der Waals surface area contributed by atoms with E-state index in [0.717, 1.165) is 50.9 Å². The third kappa shape index (κ3) is 4.35. The first-order valence-electron chi connectivity index (χ1n) is 8.26. The second-order valence-electron chi connectivity index (χ2n) is 6.91. The van der Waals surface area contributed by atoms with Crippen LogP contribution in [-0.4, -0.2) is 40.6 Å². The average molecular weight is 296 g/mol. The molecule has 5 nitrogen and oxygen atoms in total. The molecule has 0 heterocycles. The number of carbonyl (C=O) groups excluding carboxylic acids is 1. The number of hydrogen-bond donors (Lipinski definition) is 2. The van der Waals surface area contributed by atoms with Crippen LogP contribution in [0.5, 0.6) is 0 Å². The summed E-state index contributed by atoms with van der Waals surface area (Å²) in [5, 5.41) is 12.2. The van der Waals surface area contributed by atoms with E-state index in [1.807, 2.05) is 0 Å². The van der Waals surface area contributed by atoms with Crippen molar-refractivity contribution in [2.45, 2.75) is 70.9 Å². The Bertz CT molecular complexity index is 380. The molecule has 0 aliphatic heterocycles. The van der Waals surface area contributed by atoms with E-state index in [4.69, 9.17) is 5.11 Å². The molecule has 0 aromatic rings. The fourth-order valence-corrected chi connectivity index (χ4v) is 3.85. The molecule has 2 saturated carbocycles. The fraction of sp³-hybridized carbons (Fsp3) is 0.875. The topological polar surface area (TPSA) is 69.6 Å². The Labute approximate surface area is 127 Å². The molecule has 3 unspecified atom stereocenters. The van der Waals surface area contributed by atoms with Gasteiger partial charge < -0.3 is 15.3 Å². The molecule has 3 atom stereocenters. The zero-order chi connectivity index (χ0) is 15.4. The van der Waals surface area contributed by atoms with E-state index in [1.165, 1.54) is 0 Å². The van der Waals surface area contributed by atoms with Gasteiger partial charge in [0.25, 0.3) is 0 Å². The molecule has 0 spiro atoms. The molecule has 2 amide bonds. The molecule has 0 saturated heterocycles.